The van der Waals surface area contributed by atoms with Crippen molar-refractivity contribution in [2.45, 2.75) is 50.3 Å². The number of hydrogen-bond donors (Lipinski definition) is 3. The molecule has 1 heterocycles. The zero-order chi connectivity index (χ0) is 16.1. The fourth-order valence-corrected chi connectivity index (χ4v) is 4.70. The zero-order valence-electron chi connectivity index (χ0n) is 13.9. The van der Waals surface area contributed by atoms with E-state index in [1.807, 2.05) is 17.8 Å². The van der Waals surface area contributed by atoms with E-state index in [9.17, 15) is 5.11 Å². The molecule has 0 amide bonds. The number of aromatic hydroxyl groups is 1. The van der Waals surface area contributed by atoms with E-state index in [0.29, 0.717) is 17.5 Å². The van der Waals surface area contributed by atoms with E-state index in [2.05, 4.69) is 21.7 Å². The topological polar surface area (TPSA) is 56.7 Å². The van der Waals surface area contributed by atoms with Crippen LogP contribution >= 0.6 is 11.8 Å². The smallest absolute Gasteiger partial charge is 0.191 e. The highest BCUT2D eigenvalue weighted by atomic mass is 32.2. The average Bonchev–Trinajstić information content (AvgIpc) is 3.10. The van der Waals surface area contributed by atoms with Crippen molar-refractivity contribution in [1.29, 1.82) is 0 Å². The lowest BCUT2D eigenvalue weighted by molar-refractivity contribution is 0.464. The van der Waals surface area contributed by atoms with Gasteiger partial charge in [-0.2, -0.15) is 11.8 Å². The monoisotopic (exact) mass is 333 g/mol. The Kier molecular flexibility index (Phi) is 5.70. The number of thioether (sulfide) groups is 1. The molecule has 1 aliphatic carbocycles. The number of aryl methyl sites for hydroxylation is 1. The minimum absolute atomic E-state index is 0.403. The molecule has 1 fully saturated rings. The second-order valence-corrected chi connectivity index (χ2v) is 7.76. The number of phenolic OH excluding ortho intramolecular Hbond substituents is 1. The second-order valence-electron chi connectivity index (χ2n) is 6.35. The van der Waals surface area contributed by atoms with Crippen molar-refractivity contribution in [3.05, 3.63) is 28.8 Å². The van der Waals surface area contributed by atoms with Gasteiger partial charge in [0.15, 0.2) is 5.96 Å². The van der Waals surface area contributed by atoms with Crippen molar-refractivity contribution >= 4 is 17.7 Å². The Labute approximate surface area is 143 Å². The number of nitrogens with zero attached hydrogens (tertiary/aromatic N) is 1. The third-order valence-corrected chi connectivity index (χ3v) is 6.20. The summed E-state index contributed by atoms with van der Waals surface area (Å²) in [5.41, 5.74) is 3.78. The lowest BCUT2D eigenvalue weighted by atomic mass is 9.88. The van der Waals surface area contributed by atoms with E-state index in [1.165, 1.54) is 42.6 Å². The Balaban J connectivity index is 1.60. The summed E-state index contributed by atoms with van der Waals surface area (Å²) in [6.45, 7) is 1.59. The maximum Gasteiger partial charge on any atom is 0.191 e. The van der Waals surface area contributed by atoms with E-state index in [1.54, 1.807) is 7.05 Å². The Hall–Kier alpha value is -1.36. The molecule has 126 valence electrons. The van der Waals surface area contributed by atoms with Crippen LogP contribution in [0.25, 0.3) is 0 Å². The van der Waals surface area contributed by atoms with Gasteiger partial charge in [0.2, 0.25) is 0 Å². The molecule has 0 radical (unpaired) electrons. The first-order chi connectivity index (χ1) is 11.3. The van der Waals surface area contributed by atoms with E-state index in [-0.39, 0.29) is 0 Å². The summed E-state index contributed by atoms with van der Waals surface area (Å²) in [6, 6.07) is 3.92. The zero-order valence-corrected chi connectivity index (χ0v) is 14.7. The van der Waals surface area contributed by atoms with Crippen molar-refractivity contribution in [2.75, 3.05) is 19.3 Å². The van der Waals surface area contributed by atoms with Gasteiger partial charge in [0, 0.05) is 31.0 Å². The third kappa shape index (κ3) is 4.14. The summed E-state index contributed by atoms with van der Waals surface area (Å²) in [7, 11) is 1.80. The number of aliphatic imine (C=N–C) groups is 1. The summed E-state index contributed by atoms with van der Waals surface area (Å²) in [5.74, 6) is 2.51. The van der Waals surface area contributed by atoms with Crippen LogP contribution in [0.4, 0.5) is 0 Å². The highest BCUT2D eigenvalue weighted by Gasteiger charge is 2.18. The van der Waals surface area contributed by atoms with E-state index in [4.69, 9.17) is 0 Å². The van der Waals surface area contributed by atoms with Crippen molar-refractivity contribution < 1.29 is 5.11 Å². The van der Waals surface area contributed by atoms with Crippen LogP contribution in [0.3, 0.4) is 0 Å². The molecule has 0 spiro atoms. The third-order valence-electron chi connectivity index (χ3n) is 4.80. The molecule has 23 heavy (non-hydrogen) atoms. The standard InChI is InChI=1S/C18H27N3OS/c1-19-18(20-11-14-6-4-10-23-14)21-12-16-15-7-3-2-5-13(15)8-9-17(16)22/h8-9,14,22H,2-7,10-12H2,1H3,(H2,19,20,21). The SMILES string of the molecule is CN=C(NCc1c(O)ccc2c1CCCC2)NCC1CCCS1. The van der Waals surface area contributed by atoms with Crippen LogP contribution in [0.1, 0.15) is 42.4 Å². The van der Waals surface area contributed by atoms with Gasteiger partial charge in [0.25, 0.3) is 0 Å². The highest BCUT2D eigenvalue weighted by molar-refractivity contribution is 8.00. The lowest BCUT2D eigenvalue weighted by Crippen LogP contribution is -2.40. The summed E-state index contributed by atoms with van der Waals surface area (Å²) in [5, 5.41) is 17.7. The van der Waals surface area contributed by atoms with Crippen LogP contribution in [-0.2, 0) is 19.4 Å². The summed E-state index contributed by atoms with van der Waals surface area (Å²) < 4.78 is 0. The van der Waals surface area contributed by atoms with Crippen LogP contribution in [-0.4, -0.2) is 35.7 Å². The van der Waals surface area contributed by atoms with E-state index >= 15 is 0 Å². The Morgan fingerprint density at radius 3 is 2.91 bits per heavy atom. The minimum atomic E-state index is 0.403. The summed E-state index contributed by atoms with van der Waals surface area (Å²) in [6.07, 6.45) is 7.30. The molecule has 1 aliphatic heterocycles. The summed E-state index contributed by atoms with van der Waals surface area (Å²) >= 11 is 2.05. The van der Waals surface area contributed by atoms with E-state index < -0.39 is 0 Å². The maximum absolute atomic E-state index is 10.3. The highest BCUT2D eigenvalue weighted by Crippen LogP contribution is 2.30. The van der Waals surface area contributed by atoms with Gasteiger partial charge >= 0.3 is 0 Å². The summed E-state index contributed by atoms with van der Waals surface area (Å²) in [4.78, 5) is 4.31. The molecule has 3 N–H and O–H groups in total. The molecule has 1 atom stereocenters. The normalized spacial score (nSPS) is 21.1. The minimum Gasteiger partial charge on any atom is -0.508 e. The molecule has 1 aromatic rings. The number of phenols is 1. The van der Waals surface area contributed by atoms with Gasteiger partial charge in [-0.05, 0) is 61.5 Å². The van der Waals surface area contributed by atoms with Gasteiger partial charge < -0.3 is 15.7 Å². The van der Waals surface area contributed by atoms with Crippen LogP contribution in [0.5, 0.6) is 5.75 Å². The molecule has 4 nitrogen and oxygen atoms in total. The number of nitrogens with one attached hydrogen (secondary N) is 2. The van der Waals surface area contributed by atoms with Crippen molar-refractivity contribution in [1.82, 2.24) is 10.6 Å². The van der Waals surface area contributed by atoms with Crippen LogP contribution in [0, 0.1) is 0 Å². The first kappa shape index (κ1) is 16.5. The van der Waals surface area contributed by atoms with Gasteiger partial charge in [0.1, 0.15) is 5.75 Å². The fourth-order valence-electron chi connectivity index (χ4n) is 3.50. The van der Waals surface area contributed by atoms with Crippen molar-refractivity contribution in [3.63, 3.8) is 0 Å². The van der Waals surface area contributed by atoms with Gasteiger partial charge in [-0.1, -0.05) is 6.07 Å². The van der Waals surface area contributed by atoms with Gasteiger partial charge in [-0.15, -0.1) is 0 Å². The molecule has 1 aromatic carbocycles. The van der Waals surface area contributed by atoms with Crippen LogP contribution in [0.2, 0.25) is 0 Å². The molecule has 0 saturated carbocycles. The Morgan fingerprint density at radius 2 is 2.13 bits per heavy atom. The molecular weight excluding hydrogens is 306 g/mol. The molecule has 3 rings (SSSR count). The maximum atomic E-state index is 10.3. The number of fused-ring (bicyclic) bond motifs is 1. The fraction of sp³-hybridized carbons (Fsp3) is 0.611. The molecular formula is C18H27N3OS. The van der Waals surface area contributed by atoms with Crippen molar-refractivity contribution in [2.24, 2.45) is 4.99 Å². The van der Waals surface area contributed by atoms with Crippen molar-refractivity contribution in [3.8, 4) is 5.75 Å². The number of guanidine groups is 1. The van der Waals surface area contributed by atoms with Gasteiger partial charge in [-0.25, -0.2) is 0 Å². The predicted molar refractivity (Wildman–Crippen MR) is 98.4 cm³/mol. The van der Waals surface area contributed by atoms with E-state index in [0.717, 1.165) is 30.9 Å². The van der Waals surface area contributed by atoms with Gasteiger partial charge in [-0.3, -0.25) is 4.99 Å². The molecule has 1 saturated heterocycles. The average molecular weight is 334 g/mol. The number of benzene rings is 1. The quantitative estimate of drug-likeness (QED) is 0.586. The first-order valence-electron chi connectivity index (χ1n) is 8.66. The number of hydrogen-bond acceptors (Lipinski definition) is 3. The molecule has 2 aliphatic rings. The Bertz CT molecular complexity index is 568. The molecule has 5 heteroatoms. The molecule has 1 unspecified atom stereocenters. The lowest BCUT2D eigenvalue weighted by Gasteiger charge is -2.21. The molecule has 0 aromatic heterocycles. The first-order valence-corrected chi connectivity index (χ1v) is 9.71. The van der Waals surface area contributed by atoms with Crippen LogP contribution in [0.15, 0.2) is 17.1 Å². The second kappa shape index (κ2) is 7.95. The number of rotatable bonds is 4. The Morgan fingerprint density at radius 1 is 1.26 bits per heavy atom. The van der Waals surface area contributed by atoms with Gasteiger partial charge in [0.05, 0.1) is 0 Å². The predicted octanol–water partition coefficient (Wildman–Crippen LogP) is 2.83. The van der Waals surface area contributed by atoms with Crippen LogP contribution < -0.4 is 10.6 Å². The largest absolute Gasteiger partial charge is 0.508 e. The molecule has 0 bridgehead atoms.